The van der Waals surface area contributed by atoms with Crippen molar-refractivity contribution in [3.8, 4) is 0 Å². The second-order valence-electron chi connectivity index (χ2n) is 6.05. The molecule has 2 heteroatoms. The quantitative estimate of drug-likeness (QED) is 0.882. The molecule has 2 N–H and O–H groups in total. The van der Waals surface area contributed by atoms with Crippen LogP contribution in [-0.2, 0) is 0 Å². The van der Waals surface area contributed by atoms with Crippen molar-refractivity contribution >= 4 is 5.69 Å². The second kappa shape index (κ2) is 6.42. The zero-order valence-corrected chi connectivity index (χ0v) is 12.6. The molecule has 0 radical (unpaired) electrons. The van der Waals surface area contributed by atoms with Gasteiger partial charge in [-0.05, 0) is 42.9 Å². The van der Waals surface area contributed by atoms with Crippen molar-refractivity contribution in [3.63, 3.8) is 0 Å². The first-order chi connectivity index (χ1) is 9.13. The molecule has 1 saturated carbocycles. The molecule has 106 valence electrons. The van der Waals surface area contributed by atoms with Gasteiger partial charge in [-0.2, -0.15) is 0 Å². The molecule has 19 heavy (non-hydrogen) atoms. The van der Waals surface area contributed by atoms with Gasteiger partial charge < -0.3 is 10.6 Å². The van der Waals surface area contributed by atoms with Crippen LogP contribution in [0.4, 0.5) is 5.69 Å². The Bertz CT molecular complexity index is 385. The molecule has 0 amide bonds. The highest BCUT2D eigenvalue weighted by atomic mass is 15.1. The van der Waals surface area contributed by atoms with Crippen LogP contribution >= 0.6 is 0 Å². The molecule has 1 aromatic carbocycles. The van der Waals surface area contributed by atoms with Gasteiger partial charge in [0.05, 0.1) is 0 Å². The van der Waals surface area contributed by atoms with E-state index in [9.17, 15) is 0 Å². The van der Waals surface area contributed by atoms with Gasteiger partial charge in [0, 0.05) is 24.8 Å². The number of rotatable bonds is 4. The minimum atomic E-state index is 0.174. The Kier molecular flexibility index (Phi) is 4.87. The fraction of sp³-hybridized carbons (Fsp3) is 0.647. The van der Waals surface area contributed by atoms with E-state index in [4.69, 9.17) is 5.73 Å². The summed E-state index contributed by atoms with van der Waals surface area (Å²) in [4.78, 5) is 2.46. The zero-order chi connectivity index (χ0) is 13.8. The molecule has 0 aliphatic heterocycles. The lowest BCUT2D eigenvalue weighted by Gasteiger charge is -2.37. The number of hydrogen-bond donors (Lipinski definition) is 1. The van der Waals surface area contributed by atoms with Crippen molar-refractivity contribution in [2.45, 2.75) is 58.0 Å². The normalized spacial score (nSPS) is 25.1. The monoisotopic (exact) mass is 260 g/mol. The van der Waals surface area contributed by atoms with E-state index in [1.165, 1.54) is 36.9 Å². The summed E-state index contributed by atoms with van der Waals surface area (Å²) in [5.74, 6) is 0.802. The molecule has 1 aliphatic rings. The summed E-state index contributed by atoms with van der Waals surface area (Å²) in [7, 11) is 2.24. The third kappa shape index (κ3) is 3.30. The molecule has 0 saturated heterocycles. The summed E-state index contributed by atoms with van der Waals surface area (Å²) in [6.07, 6.45) is 6.46. The summed E-state index contributed by atoms with van der Waals surface area (Å²) in [5.41, 5.74) is 8.64. The van der Waals surface area contributed by atoms with Gasteiger partial charge in [-0.25, -0.2) is 0 Å². The third-order valence-electron chi connectivity index (χ3n) is 4.73. The summed E-state index contributed by atoms with van der Waals surface area (Å²) < 4.78 is 0. The Morgan fingerprint density at radius 1 is 1.21 bits per heavy atom. The molecule has 0 spiro atoms. The molecule has 0 aromatic heterocycles. The largest absolute Gasteiger partial charge is 0.371 e. The highest BCUT2D eigenvalue weighted by molar-refractivity contribution is 5.48. The Morgan fingerprint density at radius 3 is 2.42 bits per heavy atom. The first-order valence-corrected chi connectivity index (χ1v) is 7.71. The molecule has 3 atom stereocenters. The maximum atomic E-state index is 6.07. The number of nitrogens with two attached hydrogens (primary N) is 1. The van der Waals surface area contributed by atoms with Gasteiger partial charge in [-0.15, -0.1) is 0 Å². The Balaban J connectivity index is 2.08. The van der Waals surface area contributed by atoms with E-state index in [2.05, 4.69) is 50.1 Å². The number of nitrogens with zero attached hydrogens (tertiary/aromatic N) is 1. The van der Waals surface area contributed by atoms with Gasteiger partial charge in [0.1, 0.15) is 0 Å². The van der Waals surface area contributed by atoms with Crippen LogP contribution in [0.25, 0.3) is 0 Å². The topological polar surface area (TPSA) is 29.3 Å². The van der Waals surface area contributed by atoms with Crippen LogP contribution in [0.2, 0.25) is 0 Å². The summed E-state index contributed by atoms with van der Waals surface area (Å²) >= 11 is 0. The maximum Gasteiger partial charge on any atom is 0.0366 e. The van der Waals surface area contributed by atoms with Gasteiger partial charge in [-0.3, -0.25) is 0 Å². The molecule has 2 unspecified atom stereocenters. The first-order valence-electron chi connectivity index (χ1n) is 7.71. The van der Waals surface area contributed by atoms with Crippen LogP contribution in [0.5, 0.6) is 0 Å². The lowest BCUT2D eigenvalue weighted by atomic mass is 9.85. The highest BCUT2D eigenvalue weighted by Gasteiger charge is 2.25. The van der Waals surface area contributed by atoms with Crippen LogP contribution in [0.3, 0.4) is 0 Å². The van der Waals surface area contributed by atoms with Crippen molar-refractivity contribution in [1.82, 2.24) is 0 Å². The molecular formula is C17H28N2. The average molecular weight is 260 g/mol. The average Bonchev–Trinajstić information content (AvgIpc) is 2.46. The number of benzene rings is 1. The predicted molar refractivity (Wildman–Crippen MR) is 83.5 cm³/mol. The number of hydrogen-bond acceptors (Lipinski definition) is 2. The first kappa shape index (κ1) is 14.4. The van der Waals surface area contributed by atoms with Crippen LogP contribution in [0, 0.1) is 5.92 Å². The van der Waals surface area contributed by atoms with E-state index in [1.54, 1.807) is 0 Å². The van der Waals surface area contributed by atoms with Gasteiger partial charge in [0.25, 0.3) is 0 Å². The summed E-state index contributed by atoms with van der Waals surface area (Å²) in [6, 6.07) is 9.70. The van der Waals surface area contributed by atoms with Gasteiger partial charge >= 0.3 is 0 Å². The van der Waals surface area contributed by atoms with Gasteiger partial charge in [0.2, 0.25) is 0 Å². The van der Waals surface area contributed by atoms with Crippen molar-refractivity contribution in [2.24, 2.45) is 11.7 Å². The molecule has 1 aromatic rings. The van der Waals surface area contributed by atoms with Crippen LogP contribution in [-0.4, -0.2) is 13.1 Å². The van der Waals surface area contributed by atoms with E-state index >= 15 is 0 Å². The minimum absolute atomic E-state index is 0.174. The Morgan fingerprint density at radius 2 is 1.84 bits per heavy atom. The van der Waals surface area contributed by atoms with Crippen molar-refractivity contribution in [1.29, 1.82) is 0 Å². The van der Waals surface area contributed by atoms with Crippen LogP contribution < -0.4 is 10.6 Å². The second-order valence-corrected chi connectivity index (χ2v) is 6.05. The lowest BCUT2D eigenvalue weighted by Crippen LogP contribution is -2.38. The molecular weight excluding hydrogens is 232 g/mol. The predicted octanol–water partition coefficient (Wildman–Crippen LogP) is 4.11. The Hall–Kier alpha value is -1.02. The Labute approximate surface area is 118 Å². The highest BCUT2D eigenvalue weighted by Crippen LogP contribution is 2.30. The molecule has 0 bridgehead atoms. The summed E-state index contributed by atoms with van der Waals surface area (Å²) in [6.45, 7) is 4.52. The lowest BCUT2D eigenvalue weighted by molar-refractivity contribution is 0.321. The molecule has 2 nitrogen and oxygen atoms in total. The molecule has 0 heterocycles. The van der Waals surface area contributed by atoms with E-state index in [-0.39, 0.29) is 6.04 Å². The smallest absolute Gasteiger partial charge is 0.0366 e. The molecule has 1 fully saturated rings. The molecule has 1 aliphatic carbocycles. The van der Waals surface area contributed by atoms with Crippen LogP contribution in [0.15, 0.2) is 24.3 Å². The standard InChI is InChI=1S/C17H28N2/c1-4-16(18)14-9-11-15(12-10-14)19(3)17-8-6-5-7-13(17)2/h9-13,16-17H,4-8,18H2,1-3H3/t13?,16-,17?/m0/s1. The number of anilines is 1. The van der Waals surface area contributed by atoms with E-state index < -0.39 is 0 Å². The van der Waals surface area contributed by atoms with E-state index in [0.29, 0.717) is 6.04 Å². The van der Waals surface area contributed by atoms with Crippen molar-refractivity contribution in [2.75, 3.05) is 11.9 Å². The third-order valence-corrected chi connectivity index (χ3v) is 4.73. The van der Waals surface area contributed by atoms with Crippen molar-refractivity contribution < 1.29 is 0 Å². The van der Waals surface area contributed by atoms with E-state index in [1.807, 2.05) is 0 Å². The van der Waals surface area contributed by atoms with E-state index in [0.717, 1.165) is 12.3 Å². The maximum absolute atomic E-state index is 6.07. The fourth-order valence-corrected chi connectivity index (χ4v) is 3.26. The van der Waals surface area contributed by atoms with Crippen molar-refractivity contribution in [3.05, 3.63) is 29.8 Å². The fourth-order valence-electron chi connectivity index (χ4n) is 3.26. The SMILES string of the molecule is CC[C@H](N)c1ccc(N(C)C2CCCCC2C)cc1. The van der Waals surface area contributed by atoms with Gasteiger partial charge in [-0.1, -0.05) is 38.8 Å². The minimum Gasteiger partial charge on any atom is -0.371 e. The van der Waals surface area contributed by atoms with Gasteiger partial charge in [0.15, 0.2) is 0 Å². The molecule has 2 rings (SSSR count). The van der Waals surface area contributed by atoms with Crippen LogP contribution in [0.1, 0.15) is 57.6 Å². The summed E-state index contributed by atoms with van der Waals surface area (Å²) in [5, 5.41) is 0. The zero-order valence-electron chi connectivity index (χ0n) is 12.6.